The van der Waals surface area contributed by atoms with E-state index in [0.29, 0.717) is 43.6 Å². The molecule has 1 heterocycles. The first-order valence-corrected chi connectivity index (χ1v) is 16.0. The summed E-state index contributed by atoms with van der Waals surface area (Å²) in [6.45, 7) is 10.4. The van der Waals surface area contributed by atoms with Crippen LogP contribution in [-0.2, 0) is 24.0 Å². The first-order chi connectivity index (χ1) is 19.7. The number of amides is 1. The number of nitrogens with one attached hydrogen (secondary N) is 1. The minimum absolute atomic E-state index is 0.0224. The Morgan fingerprint density at radius 2 is 1.81 bits per heavy atom. The van der Waals surface area contributed by atoms with Crippen LogP contribution in [0, 0.1) is 34.5 Å². The smallest absolute Gasteiger partial charge is 0.305 e. The van der Waals surface area contributed by atoms with Gasteiger partial charge in [0.15, 0.2) is 12.4 Å². The number of hydrogen-bond donors (Lipinski definition) is 3. The number of Topliss-reactive ketones (excluding diaryl/α,β-unsaturated/α-hetero) is 1. The van der Waals surface area contributed by atoms with Gasteiger partial charge in [-0.05, 0) is 120 Å². The summed E-state index contributed by atoms with van der Waals surface area (Å²) in [7, 11) is 0. The zero-order valence-corrected chi connectivity index (χ0v) is 26.0. The van der Waals surface area contributed by atoms with Crippen molar-refractivity contribution >= 4 is 23.4 Å². The Morgan fingerprint density at radius 3 is 2.50 bits per heavy atom. The number of hydrogen-bond acceptors (Lipinski definition) is 7. The molecule has 1 amide bonds. The predicted molar refractivity (Wildman–Crippen MR) is 158 cm³/mol. The van der Waals surface area contributed by atoms with Crippen LogP contribution in [0.15, 0.2) is 16.8 Å². The fraction of sp³-hybridized carbons (Fsp3) is 0.818. The second-order valence-corrected chi connectivity index (χ2v) is 14.9. The summed E-state index contributed by atoms with van der Waals surface area (Å²) in [4.78, 5) is 42.2. The number of oxime groups is 1. The van der Waals surface area contributed by atoms with Gasteiger partial charge in [0.25, 0.3) is 5.91 Å². The van der Waals surface area contributed by atoms with Crippen LogP contribution in [0.25, 0.3) is 0 Å². The molecule has 5 rings (SSSR count). The van der Waals surface area contributed by atoms with Crippen LogP contribution < -0.4 is 5.32 Å². The van der Waals surface area contributed by atoms with Gasteiger partial charge in [-0.25, -0.2) is 0 Å². The molecule has 9 nitrogen and oxygen atoms in total. The number of ketones is 1. The average molecular weight is 587 g/mol. The minimum atomic E-state index is -1.19. The Hall–Kier alpha value is -2.26. The van der Waals surface area contributed by atoms with Crippen LogP contribution in [-0.4, -0.2) is 64.0 Å². The van der Waals surface area contributed by atoms with Gasteiger partial charge in [0.2, 0.25) is 0 Å². The molecule has 4 aliphatic carbocycles. The molecule has 0 aromatic heterocycles. The van der Waals surface area contributed by atoms with Crippen molar-refractivity contribution in [1.82, 2.24) is 5.32 Å². The van der Waals surface area contributed by atoms with E-state index in [9.17, 15) is 24.6 Å². The van der Waals surface area contributed by atoms with Gasteiger partial charge in [0.1, 0.15) is 5.60 Å². The number of allylic oxidation sites excluding steroid dienone is 2. The lowest BCUT2D eigenvalue weighted by Gasteiger charge is -2.59. The van der Waals surface area contributed by atoms with E-state index in [1.807, 2.05) is 13.8 Å². The lowest BCUT2D eigenvalue weighted by molar-refractivity contribution is -0.159. The summed E-state index contributed by atoms with van der Waals surface area (Å²) in [6, 6.07) is -0.481. The van der Waals surface area contributed by atoms with Crippen LogP contribution in [0.5, 0.6) is 0 Å². The van der Waals surface area contributed by atoms with Crippen molar-refractivity contribution in [2.75, 3.05) is 13.2 Å². The summed E-state index contributed by atoms with van der Waals surface area (Å²) >= 11 is 0. The van der Waals surface area contributed by atoms with Crippen molar-refractivity contribution in [2.45, 2.75) is 122 Å². The topological polar surface area (TPSA) is 135 Å². The molecule has 1 aliphatic heterocycles. The maximum Gasteiger partial charge on any atom is 0.305 e. The Bertz CT molecular complexity index is 1160. The maximum absolute atomic E-state index is 12.7. The molecule has 3 saturated carbocycles. The summed E-state index contributed by atoms with van der Waals surface area (Å²) < 4.78 is 5.77. The fourth-order valence-corrected chi connectivity index (χ4v) is 9.81. The molecule has 0 spiro atoms. The number of fused-ring (bicyclic) bond motifs is 5. The molecule has 42 heavy (non-hydrogen) atoms. The highest BCUT2D eigenvalue weighted by atomic mass is 16.6. The maximum atomic E-state index is 12.7. The molecule has 234 valence electrons. The Morgan fingerprint density at radius 1 is 1.07 bits per heavy atom. The van der Waals surface area contributed by atoms with E-state index in [1.54, 1.807) is 6.92 Å². The molecule has 3 N–H and O–H groups in total. The summed E-state index contributed by atoms with van der Waals surface area (Å²) in [5, 5.41) is 28.0. The molecule has 0 aromatic rings. The number of carboxylic acid groups (broad SMARTS) is 1. The van der Waals surface area contributed by atoms with Crippen molar-refractivity contribution in [3.8, 4) is 0 Å². The third-order valence-corrected chi connectivity index (χ3v) is 12.1. The first kappa shape index (κ1) is 31.2. The quantitative estimate of drug-likeness (QED) is 0.348. The van der Waals surface area contributed by atoms with Gasteiger partial charge < -0.3 is 25.1 Å². The van der Waals surface area contributed by atoms with E-state index in [1.165, 1.54) is 5.57 Å². The molecule has 0 unspecified atom stereocenters. The molecule has 9 heteroatoms. The summed E-state index contributed by atoms with van der Waals surface area (Å²) in [5.74, 6) is 0.0492. The Labute approximate surface area is 249 Å². The van der Waals surface area contributed by atoms with E-state index in [2.05, 4.69) is 30.4 Å². The normalized spacial score (nSPS) is 40.6. The summed E-state index contributed by atoms with van der Waals surface area (Å²) in [5.41, 5.74) is 0.437. The number of rotatable bonds is 8. The van der Waals surface area contributed by atoms with Crippen LogP contribution in [0.2, 0.25) is 0 Å². The van der Waals surface area contributed by atoms with Crippen LogP contribution in [0.4, 0.5) is 0 Å². The highest BCUT2D eigenvalue weighted by Crippen LogP contribution is 2.67. The number of carbonyl (C=O) groups is 3. The van der Waals surface area contributed by atoms with Gasteiger partial charge in [-0.2, -0.15) is 0 Å². The van der Waals surface area contributed by atoms with E-state index in [0.717, 1.165) is 50.7 Å². The molecule has 0 radical (unpaired) electrons. The van der Waals surface area contributed by atoms with Crippen LogP contribution >= 0.6 is 0 Å². The van der Waals surface area contributed by atoms with Gasteiger partial charge in [0, 0.05) is 18.1 Å². The van der Waals surface area contributed by atoms with Crippen molar-refractivity contribution in [1.29, 1.82) is 0 Å². The number of carbonyl (C=O) groups excluding carboxylic acids is 2. The van der Waals surface area contributed by atoms with Crippen LogP contribution in [0.1, 0.15) is 105 Å². The second-order valence-electron chi connectivity index (χ2n) is 14.9. The van der Waals surface area contributed by atoms with Gasteiger partial charge >= 0.3 is 5.97 Å². The highest BCUT2D eigenvalue weighted by Gasteiger charge is 2.65. The molecule has 0 aromatic carbocycles. The lowest BCUT2D eigenvalue weighted by Crippen LogP contribution is -2.57. The van der Waals surface area contributed by atoms with E-state index < -0.39 is 17.6 Å². The minimum Gasteiger partial charge on any atom is -0.481 e. The zero-order valence-electron chi connectivity index (χ0n) is 26.0. The van der Waals surface area contributed by atoms with Crippen LogP contribution in [0.3, 0.4) is 0 Å². The monoisotopic (exact) mass is 586 g/mol. The van der Waals surface area contributed by atoms with E-state index in [4.69, 9.17) is 9.57 Å². The van der Waals surface area contributed by atoms with Gasteiger partial charge in [-0.1, -0.05) is 24.6 Å². The standard InChI is InChI=1S/C33H50N2O7/c1-20(36)33(40)14-10-26-24-7-6-22-16-23(8-12-31(22,4)25(24)9-13-32(26,33)5)35-42-19-28(37)34-27(17-29(38)39)21-11-15-41-30(2,3)18-21/h16,21,24-27,40H,6-15,17-19H2,1-5H3,(H,34,37)(H,38,39)/b35-23+/t21-,24+,25-,26-,27+,31-,32-,33-/m0/s1. The first-order valence-electron chi connectivity index (χ1n) is 16.0. The number of aliphatic hydroxyl groups is 1. The van der Waals surface area contributed by atoms with Gasteiger partial charge in [-0.15, -0.1) is 0 Å². The molecule has 1 saturated heterocycles. The zero-order chi connectivity index (χ0) is 30.5. The third kappa shape index (κ3) is 5.56. The fourth-order valence-electron chi connectivity index (χ4n) is 9.81. The SMILES string of the molecule is CC(=O)[C@@]1(O)CC[C@H]2[C@@H]3CCC4=C/C(=N/OCC(=O)N[C@H](CC(=O)O)[C@H]5CCOC(C)(C)C5)CC[C@]4(C)[C@H]3CC[C@@]21C. The number of ether oxygens (including phenoxy) is 1. The molecule has 8 atom stereocenters. The predicted octanol–water partition coefficient (Wildman–Crippen LogP) is 4.81. The van der Waals surface area contributed by atoms with Crippen molar-refractivity contribution in [3.05, 3.63) is 11.6 Å². The second kappa shape index (κ2) is 11.3. The third-order valence-electron chi connectivity index (χ3n) is 12.1. The van der Waals surface area contributed by atoms with E-state index in [-0.39, 0.29) is 47.1 Å². The Balaban J connectivity index is 1.20. The number of aliphatic carboxylic acids is 1. The molecular weight excluding hydrogens is 536 g/mol. The molecule has 4 fully saturated rings. The van der Waals surface area contributed by atoms with Gasteiger partial charge in [-0.3, -0.25) is 14.4 Å². The highest BCUT2D eigenvalue weighted by molar-refractivity contribution is 5.96. The van der Waals surface area contributed by atoms with E-state index >= 15 is 0 Å². The molecule has 5 aliphatic rings. The number of carboxylic acids is 1. The van der Waals surface area contributed by atoms with Crippen molar-refractivity contribution in [2.24, 2.45) is 39.7 Å². The van der Waals surface area contributed by atoms with Gasteiger partial charge in [0.05, 0.1) is 17.7 Å². The average Bonchev–Trinajstić information content (AvgIpc) is 3.19. The molecular formula is C33H50N2O7. The molecule has 0 bridgehead atoms. The Kier molecular flexibility index (Phi) is 8.42. The number of nitrogens with zero attached hydrogens (tertiary/aromatic N) is 1. The van der Waals surface area contributed by atoms with Crippen molar-refractivity contribution in [3.63, 3.8) is 0 Å². The largest absolute Gasteiger partial charge is 0.481 e. The lowest BCUT2D eigenvalue weighted by atomic mass is 9.46. The summed E-state index contributed by atoms with van der Waals surface area (Å²) in [6.07, 6.45) is 10.6. The van der Waals surface area contributed by atoms with Crippen molar-refractivity contribution < 1.29 is 34.2 Å².